The fraction of sp³-hybridized carbons (Fsp3) is 0.923. The molecule has 0 amide bonds. The van der Waals surface area contributed by atoms with E-state index in [1.165, 1.54) is 39.2 Å². The maximum absolute atomic E-state index is 11.8. The van der Waals surface area contributed by atoms with Crippen LogP contribution in [0.2, 0.25) is 0 Å². The highest BCUT2D eigenvalue weighted by atomic mass is 16.5. The molecule has 0 bridgehead atoms. The van der Waals surface area contributed by atoms with Crippen molar-refractivity contribution in [2.24, 2.45) is 17.8 Å². The second-order valence-electron chi connectivity index (χ2n) is 5.71. The minimum atomic E-state index is 0.00229. The van der Waals surface area contributed by atoms with Crippen LogP contribution >= 0.6 is 0 Å². The lowest BCUT2D eigenvalue weighted by Gasteiger charge is -2.26. The number of likely N-dealkylation sites (tertiary alicyclic amines) is 1. The molecule has 0 radical (unpaired) electrons. The third kappa shape index (κ3) is 1.75. The van der Waals surface area contributed by atoms with Gasteiger partial charge in [0.1, 0.15) is 6.04 Å². The standard InChI is InChI=1S/C13H21NO2/c1-16-13(15)12(9-5-6-9)14-7-10-3-2-4-11(10)8-14/h9-12H,2-8H2,1H3. The number of fused-ring (bicyclic) bond motifs is 1. The van der Waals surface area contributed by atoms with Crippen molar-refractivity contribution < 1.29 is 9.53 Å². The summed E-state index contributed by atoms with van der Waals surface area (Å²) in [5.41, 5.74) is 0. The molecular weight excluding hydrogens is 202 g/mol. The number of carbonyl (C=O) groups excluding carboxylic acids is 1. The summed E-state index contributed by atoms with van der Waals surface area (Å²) in [5, 5.41) is 0. The summed E-state index contributed by atoms with van der Waals surface area (Å²) in [5.74, 6) is 2.32. The maximum atomic E-state index is 11.8. The first-order valence-corrected chi connectivity index (χ1v) is 6.61. The minimum absolute atomic E-state index is 0.00229. The molecule has 3 heteroatoms. The van der Waals surface area contributed by atoms with Crippen molar-refractivity contribution in [2.45, 2.75) is 38.1 Å². The average Bonchev–Trinajstić information content (AvgIpc) is 2.86. The van der Waals surface area contributed by atoms with Gasteiger partial charge in [-0.05, 0) is 43.4 Å². The van der Waals surface area contributed by atoms with Crippen LogP contribution in [0, 0.1) is 17.8 Å². The van der Waals surface area contributed by atoms with Crippen molar-refractivity contribution >= 4 is 5.97 Å². The molecule has 16 heavy (non-hydrogen) atoms. The van der Waals surface area contributed by atoms with Gasteiger partial charge in [0.25, 0.3) is 0 Å². The van der Waals surface area contributed by atoms with Gasteiger partial charge >= 0.3 is 5.97 Å². The summed E-state index contributed by atoms with van der Waals surface area (Å²) in [6.07, 6.45) is 6.58. The summed E-state index contributed by atoms with van der Waals surface area (Å²) in [6.45, 7) is 2.28. The van der Waals surface area contributed by atoms with Gasteiger partial charge in [-0.2, -0.15) is 0 Å². The Morgan fingerprint density at radius 3 is 2.31 bits per heavy atom. The van der Waals surface area contributed by atoms with Crippen LogP contribution in [0.15, 0.2) is 0 Å². The van der Waals surface area contributed by atoms with Gasteiger partial charge in [0.05, 0.1) is 7.11 Å². The van der Waals surface area contributed by atoms with E-state index in [4.69, 9.17) is 4.74 Å². The highest BCUT2D eigenvalue weighted by Crippen LogP contribution is 2.43. The first-order valence-electron chi connectivity index (χ1n) is 6.61. The largest absolute Gasteiger partial charge is 0.468 e. The van der Waals surface area contributed by atoms with Crippen LogP contribution in [-0.2, 0) is 9.53 Å². The van der Waals surface area contributed by atoms with Gasteiger partial charge in [-0.1, -0.05) is 6.42 Å². The number of methoxy groups -OCH3 is 1. The molecule has 0 spiro atoms. The third-order valence-corrected chi connectivity index (χ3v) is 4.66. The van der Waals surface area contributed by atoms with Gasteiger partial charge in [-0.25, -0.2) is 0 Å². The van der Waals surface area contributed by atoms with E-state index < -0.39 is 0 Å². The van der Waals surface area contributed by atoms with Crippen molar-refractivity contribution in [2.75, 3.05) is 20.2 Å². The molecule has 1 heterocycles. The lowest BCUT2D eigenvalue weighted by molar-refractivity contribution is -0.147. The number of carbonyl (C=O) groups is 1. The molecule has 2 aliphatic carbocycles. The van der Waals surface area contributed by atoms with E-state index in [1.807, 2.05) is 0 Å². The zero-order valence-electron chi connectivity index (χ0n) is 10.0. The van der Waals surface area contributed by atoms with E-state index in [-0.39, 0.29) is 12.0 Å². The first-order chi connectivity index (χ1) is 7.79. The Bertz CT molecular complexity index is 276. The van der Waals surface area contributed by atoms with Crippen LogP contribution in [0.25, 0.3) is 0 Å². The quantitative estimate of drug-likeness (QED) is 0.682. The van der Waals surface area contributed by atoms with Crippen molar-refractivity contribution in [3.63, 3.8) is 0 Å². The Morgan fingerprint density at radius 2 is 1.81 bits per heavy atom. The van der Waals surface area contributed by atoms with Gasteiger partial charge in [-0.3, -0.25) is 9.69 Å². The molecule has 1 aliphatic heterocycles. The summed E-state index contributed by atoms with van der Waals surface area (Å²) in [4.78, 5) is 14.3. The van der Waals surface area contributed by atoms with Gasteiger partial charge in [-0.15, -0.1) is 0 Å². The van der Waals surface area contributed by atoms with E-state index in [1.54, 1.807) is 0 Å². The highest BCUT2D eigenvalue weighted by Gasteiger charge is 2.46. The normalized spacial score (nSPS) is 36.1. The molecule has 90 valence electrons. The molecule has 3 unspecified atom stereocenters. The molecule has 3 aliphatic rings. The molecule has 0 aromatic rings. The molecule has 3 atom stereocenters. The Hall–Kier alpha value is -0.570. The van der Waals surface area contributed by atoms with Crippen molar-refractivity contribution in [1.82, 2.24) is 4.90 Å². The summed E-state index contributed by atoms with van der Waals surface area (Å²) < 4.78 is 4.97. The lowest BCUT2D eigenvalue weighted by atomic mass is 10.0. The molecule has 0 aromatic heterocycles. The first kappa shape index (κ1) is 10.6. The van der Waals surface area contributed by atoms with Gasteiger partial charge in [0, 0.05) is 13.1 Å². The molecule has 0 aromatic carbocycles. The minimum Gasteiger partial charge on any atom is -0.468 e. The van der Waals surface area contributed by atoms with E-state index in [9.17, 15) is 4.79 Å². The zero-order valence-corrected chi connectivity index (χ0v) is 10.0. The number of nitrogens with zero attached hydrogens (tertiary/aromatic N) is 1. The van der Waals surface area contributed by atoms with Crippen LogP contribution in [0.5, 0.6) is 0 Å². The summed E-state index contributed by atoms with van der Waals surface area (Å²) in [6, 6.07) is 0.0793. The SMILES string of the molecule is COC(=O)C(C1CC1)N1CC2CCCC2C1. The van der Waals surface area contributed by atoms with Crippen molar-refractivity contribution in [3.8, 4) is 0 Å². The molecule has 3 rings (SSSR count). The highest BCUT2D eigenvalue weighted by molar-refractivity contribution is 5.76. The second-order valence-corrected chi connectivity index (χ2v) is 5.71. The fourth-order valence-corrected chi connectivity index (χ4v) is 3.67. The molecule has 1 saturated heterocycles. The van der Waals surface area contributed by atoms with Gasteiger partial charge in [0.2, 0.25) is 0 Å². The number of hydrogen-bond donors (Lipinski definition) is 0. The molecule has 3 nitrogen and oxygen atoms in total. The Balaban J connectivity index is 1.68. The zero-order chi connectivity index (χ0) is 11.1. The Labute approximate surface area is 97.1 Å². The molecule has 0 N–H and O–H groups in total. The summed E-state index contributed by atoms with van der Waals surface area (Å²) >= 11 is 0. The predicted octanol–water partition coefficient (Wildman–Crippen LogP) is 1.67. The monoisotopic (exact) mass is 223 g/mol. The average molecular weight is 223 g/mol. The number of esters is 1. The van der Waals surface area contributed by atoms with Gasteiger partial charge < -0.3 is 4.74 Å². The number of ether oxygens (including phenoxy) is 1. The number of rotatable bonds is 3. The van der Waals surface area contributed by atoms with E-state index in [0.717, 1.165) is 24.9 Å². The third-order valence-electron chi connectivity index (χ3n) is 4.66. The van der Waals surface area contributed by atoms with Gasteiger partial charge in [0.15, 0.2) is 0 Å². The topological polar surface area (TPSA) is 29.5 Å². The van der Waals surface area contributed by atoms with Crippen LogP contribution in [-0.4, -0.2) is 37.1 Å². The lowest BCUT2D eigenvalue weighted by Crippen LogP contribution is -2.42. The summed E-state index contributed by atoms with van der Waals surface area (Å²) in [7, 11) is 1.52. The van der Waals surface area contributed by atoms with Crippen LogP contribution in [0.4, 0.5) is 0 Å². The van der Waals surface area contributed by atoms with Crippen LogP contribution in [0.1, 0.15) is 32.1 Å². The Morgan fingerprint density at radius 1 is 1.19 bits per heavy atom. The second kappa shape index (κ2) is 4.02. The fourth-order valence-electron chi connectivity index (χ4n) is 3.67. The smallest absolute Gasteiger partial charge is 0.323 e. The van der Waals surface area contributed by atoms with E-state index >= 15 is 0 Å². The molecule has 3 fully saturated rings. The van der Waals surface area contributed by atoms with Crippen LogP contribution < -0.4 is 0 Å². The molecule has 2 saturated carbocycles. The Kier molecular flexibility index (Phi) is 2.66. The number of hydrogen-bond acceptors (Lipinski definition) is 3. The van der Waals surface area contributed by atoms with Crippen molar-refractivity contribution in [3.05, 3.63) is 0 Å². The van der Waals surface area contributed by atoms with E-state index in [2.05, 4.69) is 4.90 Å². The maximum Gasteiger partial charge on any atom is 0.323 e. The van der Waals surface area contributed by atoms with E-state index in [0.29, 0.717) is 5.92 Å². The van der Waals surface area contributed by atoms with Crippen molar-refractivity contribution in [1.29, 1.82) is 0 Å². The predicted molar refractivity (Wildman–Crippen MR) is 60.9 cm³/mol. The van der Waals surface area contributed by atoms with Crippen LogP contribution in [0.3, 0.4) is 0 Å². The molecular formula is C13H21NO2.